The van der Waals surface area contributed by atoms with Crippen LogP contribution in [0.4, 0.5) is 0 Å². The normalized spacial score (nSPS) is 39.9. The first-order valence-electron chi connectivity index (χ1n) is 15.9. The summed E-state index contributed by atoms with van der Waals surface area (Å²) in [6.07, 6.45) is 15.2. The summed E-state index contributed by atoms with van der Waals surface area (Å²) in [5, 5.41) is 0. The average Bonchev–Trinajstić information content (AvgIpc) is 3.21. The molecule has 0 unspecified atom stereocenters. The molecule has 0 aromatic heterocycles. The molecule has 1 aromatic carbocycles. The summed E-state index contributed by atoms with van der Waals surface area (Å²) in [5.74, 6) is 5.75. The van der Waals surface area contributed by atoms with Crippen LogP contribution in [-0.4, -0.2) is 14.5 Å². The van der Waals surface area contributed by atoms with Crippen LogP contribution in [0.1, 0.15) is 117 Å². The van der Waals surface area contributed by atoms with E-state index in [2.05, 4.69) is 34.6 Å². The fraction of sp³-hybridized carbons (Fsp3) is 0.824. The quantitative estimate of drug-likeness (QED) is 0.308. The Balaban J connectivity index is 1.24. The molecule has 0 bridgehead atoms. The lowest BCUT2D eigenvalue weighted by Gasteiger charge is -2.61. The Kier molecular flexibility index (Phi) is 8.17. The second-order valence-electron chi connectivity index (χ2n) is 14.9. The van der Waals surface area contributed by atoms with Crippen molar-refractivity contribution in [2.45, 2.75) is 130 Å². The highest BCUT2D eigenvalue weighted by molar-refractivity contribution is 7.86. The van der Waals surface area contributed by atoms with E-state index in [0.29, 0.717) is 21.6 Å². The van der Waals surface area contributed by atoms with Gasteiger partial charge in [-0.25, -0.2) is 0 Å². The summed E-state index contributed by atoms with van der Waals surface area (Å²) in [5.41, 5.74) is 1.94. The van der Waals surface area contributed by atoms with Crippen molar-refractivity contribution < 1.29 is 12.6 Å². The highest BCUT2D eigenvalue weighted by atomic mass is 32.2. The first-order valence-corrected chi connectivity index (χ1v) is 17.3. The first-order chi connectivity index (χ1) is 17.9. The van der Waals surface area contributed by atoms with Gasteiger partial charge in [-0.05, 0) is 129 Å². The smallest absolute Gasteiger partial charge is 0.263 e. The molecule has 0 spiro atoms. The Morgan fingerprint density at radius 3 is 2.26 bits per heavy atom. The van der Waals surface area contributed by atoms with Gasteiger partial charge in [0.2, 0.25) is 0 Å². The van der Waals surface area contributed by atoms with Crippen LogP contribution in [0, 0.1) is 59.2 Å². The molecule has 38 heavy (non-hydrogen) atoms. The van der Waals surface area contributed by atoms with Crippen molar-refractivity contribution in [2.75, 3.05) is 0 Å². The molecule has 4 aliphatic rings. The van der Waals surface area contributed by atoms with Crippen molar-refractivity contribution in [1.29, 1.82) is 0 Å². The fourth-order valence-corrected chi connectivity index (χ4v) is 11.4. The van der Waals surface area contributed by atoms with Gasteiger partial charge in [0, 0.05) is 0 Å². The zero-order valence-corrected chi connectivity index (χ0v) is 25.9. The lowest BCUT2D eigenvalue weighted by Crippen LogP contribution is -2.54. The van der Waals surface area contributed by atoms with E-state index in [1.165, 1.54) is 57.8 Å². The van der Waals surface area contributed by atoms with Crippen molar-refractivity contribution in [3.63, 3.8) is 0 Å². The van der Waals surface area contributed by atoms with Crippen LogP contribution in [-0.2, 0) is 14.3 Å². The molecular weight excluding hydrogens is 488 g/mol. The van der Waals surface area contributed by atoms with Crippen molar-refractivity contribution in [3.05, 3.63) is 29.8 Å². The van der Waals surface area contributed by atoms with Gasteiger partial charge in [-0.3, -0.25) is 4.18 Å². The van der Waals surface area contributed by atoms with Crippen LogP contribution in [0.2, 0.25) is 0 Å². The molecule has 0 N–H and O–H groups in total. The third-order valence-corrected chi connectivity index (χ3v) is 13.8. The lowest BCUT2D eigenvalue weighted by molar-refractivity contribution is -0.126. The number of hydrogen-bond donors (Lipinski definition) is 0. The van der Waals surface area contributed by atoms with Crippen LogP contribution in [0.15, 0.2) is 29.2 Å². The van der Waals surface area contributed by atoms with E-state index in [0.717, 1.165) is 60.3 Å². The first kappa shape index (κ1) is 28.7. The summed E-state index contributed by atoms with van der Waals surface area (Å²) < 4.78 is 31.9. The molecule has 9 atom stereocenters. The molecule has 4 saturated carbocycles. The van der Waals surface area contributed by atoms with Crippen molar-refractivity contribution >= 4 is 10.1 Å². The molecule has 0 saturated heterocycles. The van der Waals surface area contributed by atoms with Crippen molar-refractivity contribution in [3.8, 4) is 0 Å². The van der Waals surface area contributed by atoms with Gasteiger partial charge >= 0.3 is 0 Å². The second-order valence-corrected chi connectivity index (χ2v) is 16.5. The van der Waals surface area contributed by atoms with E-state index in [4.69, 9.17) is 4.18 Å². The van der Waals surface area contributed by atoms with Crippen molar-refractivity contribution in [1.82, 2.24) is 0 Å². The molecule has 3 nitrogen and oxygen atoms in total. The topological polar surface area (TPSA) is 43.4 Å². The summed E-state index contributed by atoms with van der Waals surface area (Å²) in [6.45, 7) is 14.5. The highest BCUT2D eigenvalue weighted by Crippen LogP contribution is 2.68. The Labute approximate surface area is 234 Å². The van der Waals surface area contributed by atoms with Gasteiger partial charge in [0.25, 0.3) is 10.1 Å². The van der Waals surface area contributed by atoms with Gasteiger partial charge in [-0.15, -0.1) is 0 Å². The maximum Gasteiger partial charge on any atom is 0.297 e. The summed E-state index contributed by atoms with van der Waals surface area (Å²) in [6, 6.07) is 7.07. The van der Waals surface area contributed by atoms with E-state index in [-0.39, 0.29) is 6.10 Å². The third-order valence-electron chi connectivity index (χ3n) is 12.4. The SMILES string of the molecule is Cc1ccc(S(=O)(=O)O[C@@H]2CC[C@@]3(C)[C@@H](CC[C@@H]4[C@H]3CC[C@@]3(C)[C@H]4CC[C@H]3[C@H](C)CCCC(C)C)C2)cc1. The zero-order chi connectivity index (χ0) is 27.3. The molecule has 0 aliphatic heterocycles. The van der Waals surface area contributed by atoms with E-state index in [1.54, 1.807) is 12.1 Å². The summed E-state index contributed by atoms with van der Waals surface area (Å²) >= 11 is 0. The Morgan fingerprint density at radius 1 is 0.868 bits per heavy atom. The van der Waals surface area contributed by atoms with E-state index in [9.17, 15) is 8.42 Å². The maximum absolute atomic E-state index is 13.0. The summed E-state index contributed by atoms with van der Waals surface area (Å²) in [7, 11) is -3.70. The predicted molar refractivity (Wildman–Crippen MR) is 156 cm³/mol. The highest BCUT2D eigenvalue weighted by Gasteiger charge is 2.60. The number of hydrogen-bond acceptors (Lipinski definition) is 3. The molecule has 4 fully saturated rings. The van der Waals surface area contributed by atoms with Crippen LogP contribution in [0.25, 0.3) is 0 Å². The van der Waals surface area contributed by atoms with Gasteiger partial charge in [0.05, 0.1) is 11.0 Å². The molecule has 4 aliphatic carbocycles. The number of rotatable bonds is 8. The number of aryl methyl sites for hydroxylation is 1. The average molecular weight is 543 g/mol. The molecule has 4 heteroatoms. The van der Waals surface area contributed by atoms with Crippen molar-refractivity contribution in [2.24, 2.45) is 52.3 Å². The lowest BCUT2D eigenvalue weighted by atomic mass is 9.44. The Morgan fingerprint density at radius 2 is 1.55 bits per heavy atom. The largest absolute Gasteiger partial charge is 0.297 e. The van der Waals surface area contributed by atoms with Gasteiger partial charge in [0.1, 0.15) is 0 Å². The molecule has 1 aromatic rings. The molecule has 214 valence electrons. The van der Waals surface area contributed by atoms with E-state index >= 15 is 0 Å². The Bertz CT molecular complexity index is 1060. The van der Waals surface area contributed by atoms with E-state index < -0.39 is 10.1 Å². The minimum Gasteiger partial charge on any atom is -0.263 e. The minimum absolute atomic E-state index is 0.174. The maximum atomic E-state index is 13.0. The standard InChI is InChI=1S/C34H54O3S/c1-23(2)8-7-9-25(4)30-16-17-31-29-15-12-26-22-27(37-38(35,36)28-13-10-24(3)11-14-28)18-20-33(26,5)32(29)19-21-34(30,31)6/h10-11,13-14,23,25-27,29-32H,7-9,12,15-22H2,1-6H3/t25-,26+,27-,29+,30+,31+,32-,33+,34-/m1/s1. The van der Waals surface area contributed by atoms with Crippen LogP contribution in [0.5, 0.6) is 0 Å². The number of benzene rings is 1. The molecule has 0 heterocycles. The molecule has 0 amide bonds. The van der Waals surface area contributed by atoms with Crippen LogP contribution in [0.3, 0.4) is 0 Å². The minimum atomic E-state index is -3.70. The zero-order valence-electron chi connectivity index (χ0n) is 25.0. The van der Waals surface area contributed by atoms with Gasteiger partial charge < -0.3 is 0 Å². The summed E-state index contributed by atoms with van der Waals surface area (Å²) in [4.78, 5) is 0.293. The fourth-order valence-electron chi connectivity index (χ4n) is 10.3. The van der Waals surface area contributed by atoms with E-state index in [1.807, 2.05) is 19.1 Å². The van der Waals surface area contributed by atoms with Gasteiger partial charge in [-0.2, -0.15) is 8.42 Å². The predicted octanol–water partition coefficient (Wildman–Crippen LogP) is 9.19. The van der Waals surface area contributed by atoms with Gasteiger partial charge in [0.15, 0.2) is 0 Å². The molecule has 0 radical (unpaired) electrons. The monoisotopic (exact) mass is 542 g/mol. The van der Waals surface area contributed by atoms with Crippen LogP contribution >= 0.6 is 0 Å². The van der Waals surface area contributed by atoms with Gasteiger partial charge in [-0.1, -0.05) is 71.6 Å². The Hall–Kier alpha value is -0.870. The molecule has 5 rings (SSSR count). The third kappa shape index (κ3) is 5.27. The number of fused-ring (bicyclic) bond motifs is 5. The molecular formula is C34H54O3S. The second kappa shape index (κ2) is 10.8. The van der Waals surface area contributed by atoms with Crippen LogP contribution < -0.4 is 0 Å².